The second-order valence-corrected chi connectivity index (χ2v) is 8.24. The molecular formula is C24H22FN3O2PdS. The molecule has 0 spiro atoms. The van der Waals surface area contributed by atoms with Gasteiger partial charge in [0.2, 0.25) is 0 Å². The normalized spacial score (nSPS) is 10.2. The Morgan fingerprint density at radius 3 is 1.94 bits per heavy atom. The molecule has 0 atom stereocenters. The van der Waals surface area contributed by atoms with Crippen LogP contribution in [0.2, 0.25) is 0 Å². The van der Waals surface area contributed by atoms with Crippen LogP contribution in [0.3, 0.4) is 0 Å². The van der Waals surface area contributed by atoms with Crippen molar-refractivity contribution in [3.8, 4) is 11.3 Å². The van der Waals surface area contributed by atoms with Gasteiger partial charge in [0, 0.05) is 18.6 Å². The average molecular weight is 542 g/mol. The number of pyridine rings is 2. The van der Waals surface area contributed by atoms with Crippen molar-refractivity contribution < 1.29 is 31.4 Å². The predicted molar refractivity (Wildman–Crippen MR) is 121 cm³/mol. The first-order valence-corrected chi connectivity index (χ1v) is 11.5. The zero-order chi connectivity index (χ0) is 23.4. The van der Waals surface area contributed by atoms with E-state index in [1.165, 1.54) is 19.7 Å². The first-order valence-electron chi connectivity index (χ1n) is 9.49. The molecule has 0 fully saturated rings. The Morgan fingerprint density at radius 1 is 0.781 bits per heavy atom. The van der Waals surface area contributed by atoms with Crippen LogP contribution in [0.1, 0.15) is 11.1 Å². The number of nitrogens with zero attached hydrogens (tertiary/aromatic N) is 3. The fourth-order valence-electron chi connectivity index (χ4n) is 2.66. The van der Waals surface area contributed by atoms with E-state index >= 15 is 0 Å². The molecule has 168 valence electrons. The maximum atomic E-state index is 12.6. The predicted octanol–water partition coefficient (Wildman–Crippen LogP) is 6.26. The quantitative estimate of drug-likeness (QED) is 0.286. The molecule has 0 bridgehead atoms. The van der Waals surface area contributed by atoms with Crippen molar-refractivity contribution in [2.45, 2.75) is 18.7 Å². The van der Waals surface area contributed by atoms with Gasteiger partial charge in [-0.25, -0.2) is 8.42 Å². The topological polar surface area (TPSA) is 74.0 Å². The van der Waals surface area contributed by atoms with E-state index in [4.69, 9.17) is 0 Å². The summed E-state index contributed by atoms with van der Waals surface area (Å²) in [5.41, 5.74) is 3.80. The van der Waals surface area contributed by atoms with Crippen LogP contribution in [0.4, 0.5) is 8.91 Å². The summed E-state index contributed by atoms with van der Waals surface area (Å²) in [5, 5.41) is 0. The molecule has 2 aromatic carbocycles. The van der Waals surface area contributed by atoms with E-state index in [-0.39, 0.29) is 4.90 Å². The molecule has 0 saturated heterocycles. The van der Waals surface area contributed by atoms with Crippen LogP contribution < -0.4 is 0 Å². The molecule has 0 amide bonds. The zero-order valence-electron chi connectivity index (χ0n) is 17.5. The summed E-state index contributed by atoms with van der Waals surface area (Å²) >= 11 is 1.25. The average Bonchev–Trinajstić information content (AvgIpc) is 2.84. The second-order valence-electron chi connectivity index (χ2n) is 6.64. The van der Waals surface area contributed by atoms with Gasteiger partial charge in [0.1, 0.15) is 10.0 Å². The first kappa shape index (κ1) is 25.3. The maximum Gasteiger partial charge on any atom is 0.0267 e. The summed E-state index contributed by atoms with van der Waals surface area (Å²) in [6.45, 7) is 3.86. The molecular weight excluding hydrogens is 520 g/mol. The third-order valence-corrected chi connectivity index (χ3v) is 5.50. The third kappa shape index (κ3) is 7.65. The van der Waals surface area contributed by atoms with Gasteiger partial charge in [-0.2, -0.15) is 0 Å². The largest absolute Gasteiger partial charge is 0.265 e. The van der Waals surface area contributed by atoms with Crippen molar-refractivity contribution >= 4 is 15.7 Å². The summed E-state index contributed by atoms with van der Waals surface area (Å²) in [6.07, 6.45) is 5.18. The standard InChI is InChI=1S/C19H17N2O2S.C5H5N.FH.Pd/c1-14-6-9-16(10-7-14)24(22,23)21-19-11-8-15(2)13-17(19)18-5-3-4-12-20-18;1-2-4-6-5-3-1;;/h3-13H,1-2H3;1-5H;1H;/q-1;;;+2/p-1. The Morgan fingerprint density at radius 2 is 1.41 bits per heavy atom. The van der Waals surface area contributed by atoms with Crippen molar-refractivity contribution in [1.29, 1.82) is 0 Å². The molecule has 0 aliphatic carbocycles. The minimum atomic E-state index is -3.78. The Kier molecular flexibility index (Phi) is 10.2. The van der Waals surface area contributed by atoms with Crippen LogP contribution in [0.15, 0.2) is 102 Å². The summed E-state index contributed by atoms with van der Waals surface area (Å²) in [4.78, 5) is 8.28. The fourth-order valence-corrected chi connectivity index (χ4v) is 3.67. The minimum absolute atomic E-state index is 0.181. The van der Waals surface area contributed by atoms with E-state index in [2.05, 4.69) is 14.7 Å². The van der Waals surface area contributed by atoms with Crippen LogP contribution in [-0.4, -0.2) is 18.4 Å². The SMILES string of the molecule is Cc1ccc(S(=O)(=O)[N-]c2ccc(C)cc2-c2ccccn2)cc1.[F][Pd+].c1ccncc1. The van der Waals surface area contributed by atoms with Gasteiger partial charge in [-0.05, 0) is 55.8 Å². The van der Waals surface area contributed by atoms with Crippen LogP contribution in [0.5, 0.6) is 0 Å². The number of sulfonamides is 1. The second kappa shape index (κ2) is 12.8. The molecule has 0 saturated carbocycles. The molecule has 2 aromatic heterocycles. The molecule has 5 nitrogen and oxygen atoms in total. The van der Waals surface area contributed by atoms with Gasteiger partial charge in [-0.15, -0.1) is 5.69 Å². The number of aryl methyl sites for hydroxylation is 2. The van der Waals surface area contributed by atoms with Gasteiger partial charge in [-0.3, -0.25) is 9.97 Å². The first-order chi connectivity index (χ1) is 15.5. The van der Waals surface area contributed by atoms with Crippen molar-refractivity contribution in [2.75, 3.05) is 0 Å². The van der Waals surface area contributed by atoms with Gasteiger partial charge in [-0.1, -0.05) is 53.6 Å². The number of hydrogen-bond donors (Lipinski definition) is 0. The smallest absolute Gasteiger partial charge is 0.0267 e. The molecule has 0 aliphatic rings. The van der Waals surface area contributed by atoms with Crippen LogP contribution >= 0.6 is 0 Å². The van der Waals surface area contributed by atoms with E-state index in [1.54, 1.807) is 48.9 Å². The minimum Gasteiger partial charge on any atom is -0.265 e. The Bertz CT molecular complexity index is 1160. The van der Waals surface area contributed by atoms with E-state index in [1.807, 2.05) is 62.4 Å². The number of halogens is 1. The summed E-state index contributed by atoms with van der Waals surface area (Å²) in [6, 6.07) is 23.4. The van der Waals surface area contributed by atoms with Gasteiger partial charge in [0.25, 0.3) is 0 Å². The van der Waals surface area contributed by atoms with Gasteiger partial charge in [0.15, 0.2) is 0 Å². The summed E-state index contributed by atoms with van der Waals surface area (Å²) in [5.74, 6) is 0. The third-order valence-electron chi connectivity index (χ3n) is 4.20. The van der Waals surface area contributed by atoms with Crippen molar-refractivity contribution in [1.82, 2.24) is 9.97 Å². The molecule has 0 unspecified atom stereocenters. The summed E-state index contributed by atoms with van der Waals surface area (Å²) in [7, 11) is -3.78. The molecule has 8 heteroatoms. The number of rotatable bonds is 4. The molecule has 4 aromatic rings. The van der Waals surface area contributed by atoms with Crippen LogP contribution in [-0.2, 0) is 29.7 Å². The fraction of sp³-hybridized carbons (Fsp3) is 0.0833. The Hall–Kier alpha value is -2.92. The molecule has 4 rings (SSSR count). The van der Waals surface area contributed by atoms with Gasteiger partial charge >= 0.3 is 22.9 Å². The Labute approximate surface area is 199 Å². The molecule has 32 heavy (non-hydrogen) atoms. The van der Waals surface area contributed by atoms with Crippen LogP contribution in [0.25, 0.3) is 16.0 Å². The van der Waals surface area contributed by atoms with E-state index in [0.29, 0.717) is 16.9 Å². The van der Waals surface area contributed by atoms with E-state index in [9.17, 15) is 11.6 Å². The van der Waals surface area contributed by atoms with Crippen molar-refractivity contribution in [3.63, 3.8) is 0 Å². The molecule has 0 N–H and O–H groups in total. The number of hydrogen-bond acceptors (Lipinski definition) is 4. The number of benzene rings is 2. The van der Waals surface area contributed by atoms with E-state index < -0.39 is 10.0 Å². The van der Waals surface area contributed by atoms with Crippen LogP contribution in [0, 0.1) is 13.8 Å². The molecule has 0 aliphatic heterocycles. The number of aromatic nitrogens is 2. The van der Waals surface area contributed by atoms with E-state index in [0.717, 1.165) is 11.1 Å². The molecule has 2 heterocycles. The monoisotopic (exact) mass is 541 g/mol. The van der Waals surface area contributed by atoms with Gasteiger partial charge in [0.05, 0.1) is 10.6 Å². The Balaban J connectivity index is 0.000000387. The van der Waals surface area contributed by atoms with Gasteiger partial charge < -0.3 is 4.72 Å². The summed E-state index contributed by atoms with van der Waals surface area (Å²) < 4.78 is 38.6. The zero-order valence-corrected chi connectivity index (χ0v) is 19.9. The van der Waals surface area contributed by atoms with Crippen molar-refractivity contribution in [3.05, 3.63) is 113 Å². The molecule has 0 radical (unpaired) electrons. The van der Waals surface area contributed by atoms with Crippen molar-refractivity contribution in [2.24, 2.45) is 0 Å². The maximum absolute atomic E-state index is 12.6.